The molecule has 0 radical (unpaired) electrons. The summed E-state index contributed by atoms with van der Waals surface area (Å²) in [5, 5.41) is 3.39. The van der Waals surface area contributed by atoms with Gasteiger partial charge in [-0.3, -0.25) is 4.90 Å². The van der Waals surface area contributed by atoms with E-state index in [1.807, 2.05) is 12.1 Å². The van der Waals surface area contributed by atoms with E-state index >= 15 is 0 Å². The molecule has 0 unspecified atom stereocenters. The highest BCUT2D eigenvalue weighted by Crippen LogP contribution is 2.32. The first-order chi connectivity index (χ1) is 12.5. The molecule has 2 nitrogen and oxygen atoms in total. The molecule has 1 N–H and O–H groups in total. The van der Waals surface area contributed by atoms with Crippen LogP contribution in [0.4, 0.5) is 13.2 Å². The zero-order chi connectivity index (χ0) is 18.6. The zero-order valence-electron chi connectivity index (χ0n) is 15.4. The number of halogens is 4. The Bertz CT molecular complexity index is 693. The van der Waals surface area contributed by atoms with Crippen LogP contribution in [0.25, 0.3) is 11.1 Å². The van der Waals surface area contributed by atoms with Crippen LogP contribution in [0.5, 0.6) is 0 Å². The van der Waals surface area contributed by atoms with E-state index in [9.17, 15) is 13.2 Å². The van der Waals surface area contributed by atoms with Crippen LogP contribution in [0.2, 0.25) is 0 Å². The van der Waals surface area contributed by atoms with Crippen LogP contribution in [-0.4, -0.2) is 31.1 Å². The van der Waals surface area contributed by atoms with Crippen LogP contribution in [0.3, 0.4) is 0 Å². The predicted octanol–water partition coefficient (Wildman–Crippen LogP) is 5.54. The van der Waals surface area contributed by atoms with Gasteiger partial charge in [-0.25, -0.2) is 0 Å². The molecule has 1 fully saturated rings. The number of hydrogen-bond donors (Lipinski definition) is 1. The van der Waals surface area contributed by atoms with Crippen molar-refractivity contribution in [3.63, 3.8) is 0 Å². The van der Waals surface area contributed by atoms with Gasteiger partial charge < -0.3 is 5.32 Å². The van der Waals surface area contributed by atoms with E-state index in [0.717, 1.165) is 62.3 Å². The van der Waals surface area contributed by atoms with Gasteiger partial charge in [-0.15, -0.1) is 12.4 Å². The number of hydrogen-bond acceptors (Lipinski definition) is 2. The van der Waals surface area contributed by atoms with Crippen molar-refractivity contribution < 1.29 is 13.2 Å². The highest BCUT2D eigenvalue weighted by Gasteiger charge is 2.30. The Hall–Kier alpha value is -1.56. The predicted molar refractivity (Wildman–Crippen MR) is 106 cm³/mol. The van der Waals surface area contributed by atoms with Gasteiger partial charge in [0, 0.05) is 32.2 Å². The molecule has 1 heterocycles. The van der Waals surface area contributed by atoms with Crippen molar-refractivity contribution in [1.82, 2.24) is 10.2 Å². The molecule has 0 amide bonds. The molecule has 0 spiro atoms. The summed E-state index contributed by atoms with van der Waals surface area (Å²) < 4.78 is 38.1. The minimum atomic E-state index is -4.29. The second-order valence-electron chi connectivity index (χ2n) is 6.79. The summed E-state index contributed by atoms with van der Waals surface area (Å²) in [7, 11) is 0. The molecule has 0 saturated carbocycles. The summed E-state index contributed by atoms with van der Waals surface area (Å²) in [5.74, 6) is 0. The largest absolute Gasteiger partial charge is 0.416 e. The molecular formula is C21H26ClF3N2. The molecule has 1 aliphatic rings. The Labute approximate surface area is 165 Å². The highest BCUT2D eigenvalue weighted by molar-refractivity contribution is 5.85. The Morgan fingerprint density at radius 1 is 0.926 bits per heavy atom. The van der Waals surface area contributed by atoms with Crippen molar-refractivity contribution in [2.75, 3.05) is 26.2 Å². The molecule has 2 aromatic carbocycles. The van der Waals surface area contributed by atoms with Crippen molar-refractivity contribution in [3.8, 4) is 11.1 Å². The molecular weight excluding hydrogens is 373 g/mol. The Morgan fingerprint density at radius 3 is 1.93 bits per heavy atom. The van der Waals surface area contributed by atoms with Crippen LogP contribution >= 0.6 is 12.4 Å². The molecule has 27 heavy (non-hydrogen) atoms. The quantitative estimate of drug-likeness (QED) is 0.711. The summed E-state index contributed by atoms with van der Waals surface area (Å²) in [6, 6.07) is 14.0. The fourth-order valence-corrected chi connectivity index (χ4v) is 3.58. The minimum Gasteiger partial charge on any atom is -0.314 e. The van der Waals surface area contributed by atoms with Gasteiger partial charge >= 0.3 is 6.18 Å². The third-order valence-corrected chi connectivity index (χ3v) is 5.00. The van der Waals surface area contributed by atoms with Gasteiger partial charge in [-0.1, -0.05) is 49.7 Å². The Balaban J connectivity index is 0.00000261. The van der Waals surface area contributed by atoms with Crippen molar-refractivity contribution in [1.29, 1.82) is 0 Å². The molecule has 0 bridgehead atoms. The lowest BCUT2D eigenvalue weighted by Crippen LogP contribution is -2.45. The molecule has 3 rings (SSSR count). The number of nitrogens with zero attached hydrogens (tertiary/aromatic N) is 1. The molecule has 1 aliphatic heterocycles. The Morgan fingerprint density at radius 2 is 1.44 bits per heavy atom. The lowest BCUT2D eigenvalue weighted by atomic mass is 9.96. The standard InChI is InChI=1S/C21H25F3N2.ClH/c1-2-3-20(26-14-12-25-13-15-26)18-6-4-16(5-7-18)17-8-10-19(11-9-17)21(22,23)24;/h4-11,20,25H,2-3,12-15H2,1H3;1H/t20-;/m1./s1. The van der Waals surface area contributed by atoms with E-state index in [-0.39, 0.29) is 12.4 Å². The fraction of sp³-hybridized carbons (Fsp3) is 0.429. The molecule has 148 valence electrons. The summed E-state index contributed by atoms with van der Waals surface area (Å²) >= 11 is 0. The number of nitrogens with one attached hydrogen (secondary N) is 1. The smallest absolute Gasteiger partial charge is 0.314 e. The van der Waals surface area contributed by atoms with E-state index in [2.05, 4.69) is 29.3 Å². The topological polar surface area (TPSA) is 15.3 Å². The van der Waals surface area contributed by atoms with Crippen molar-refractivity contribution in [2.45, 2.75) is 32.0 Å². The van der Waals surface area contributed by atoms with E-state index in [1.54, 1.807) is 0 Å². The fourth-order valence-electron chi connectivity index (χ4n) is 3.58. The SMILES string of the molecule is CCC[C@H](c1ccc(-c2ccc(C(F)(F)F)cc2)cc1)N1CCNCC1.Cl. The minimum absolute atomic E-state index is 0. The van der Waals surface area contributed by atoms with Crippen molar-refractivity contribution >= 4 is 12.4 Å². The number of piperazine rings is 1. The maximum atomic E-state index is 12.7. The van der Waals surface area contributed by atoms with E-state index in [1.165, 1.54) is 17.7 Å². The van der Waals surface area contributed by atoms with Crippen molar-refractivity contribution in [3.05, 3.63) is 59.7 Å². The lowest BCUT2D eigenvalue weighted by Gasteiger charge is -2.35. The second kappa shape index (κ2) is 9.58. The normalized spacial score (nSPS) is 16.6. The first kappa shape index (κ1) is 21.7. The van der Waals surface area contributed by atoms with Crippen LogP contribution in [0, 0.1) is 0 Å². The van der Waals surface area contributed by atoms with Gasteiger partial charge in [0.15, 0.2) is 0 Å². The van der Waals surface area contributed by atoms with Crippen molar-refractivity contribution in [2.24, 2.45) is 0 Å². The average Bonchev–Trinajstić information content (AvgIpc) is 2.66. The third-order valence-electron chi connectivity index (χ3n) is 5.00. The highest BCUT2D eigenvalue weighted by atomic mass is 35.5. The first-order valence-electron chi connectivity index (χ1n) is 9.21. The lowest BCUT2D eigenvalue weighted by molar-refractivity contribution is -0.137. The van der Waals surface area contributed by atoms with Crippen LogP contribution in [0.15, 0.2) is 48.5 Å². The van der Waals surface area contributed by atoms with Crippen LogP contribution < -0.4 is 5.32 Å². The maximum absolute atomic E-state index is 12.7. The van der Waals surface area contributed by atoms with Crippen LogP contribution in [-0.2, 0) is 6.18 Å². The molecule has 2 aromatic rings. The first-order valence-corrected chi connectivity index (χ1v) is 9.21. The van der Waals surface area contributed by atoms with Gasteiger partial charge in [0.1, 0.15) is 0 Å². The molecule has 1 atom stereocenters. The summed E-state index contributed by atoms with van der Waals surface area (Å²) in [4.78, 5) is 2.52. The van der Waals surface area contributed by atoms with Gasteiger partial charge in [0.2, 0.25) is 0 Å². The van der Waals surface area contributed by atoms with Gasteiger partial charge in [0.25, 0.3) is 0 Å². The monoisotopic (exact) mass is 398 g/mol. The number of alkyl halides is 3. The molecule has 0 aliphatic carbocycles. The zero-order valence-corrected chi connectivity index (χ0v) is 16.2. The van der Waals surface area contributed by atoms with Gasteiger partial charge in [0.05, 0.1) is 5.56 Å². The van der Waals surface area contributed by atoms with E-state index in [0.29, 0.717) is 6.04 Å². The Kier molecular flexibility index (Phi) is 7.71. The second-order valence-corrected chi connectivity index (χ2v) is 6.79. The number of benzene rings is 2. The molecule has 0 aromatic heterocycles. The van der Waals surface area contributed by atoms with E-state index in [4.69, 9.17) is 0 Å². The van der Waals surface area contributed by atoms with Gasteiger partial charge in [-0.05, 0) is 35.2 Å². The third kappa shape index (κ3) is 5.47. The average molecular weight is 399 g/mol. The summed E-state index contributed by atoms with van der Waals surface area (Å²) in [5.41, 5.74) is 2.42. The van der Waals surface area contributed by atoms with Crippen LogP contribution in [0.1, 0.15) is 36.9 Å². The molecule has 1 saturated heterocycles. The number of rotatable bonds is 5. The summed E-state index contributed by atoms with van der Waals surface area (Å²) in [6.45, 7) is 6.33. The van der Waals surface area contributed by atoms with Gasteiger partial charge in [-0.2, -0.15) is 13.2 Å². The molecule has 6 heteroatoms. The summed E-state index contributed by atoms with van der Waals surface area (Å²) in [6.07, 6.45) is -2.06. The maximum Gasteiger partial charge on any atom is 0.416 e. The van der Waals surface area contributed by atoms with E-state index < -0.39 is 11.7 Å².